The quantitative estimate of drug-likeness (QED) is 0.193. The van der Waals surface area contributed by atoms with Crippen LogP contribution in [0.2, 0.25) is 0 Å². The molecule has 0 aliphatic rings. The zero-order chi connectivity index (χ0) is 20.0. The van der Waals surface area contributed by atoms with Crippen LogP contribution in [0.3, 0.4) is 0 Å². The number of rotatable bonds is 4. The van der Waals surface area contributed by atoms with Gasteiger partial charge in [0.25, 0.3) is 20.2 Å². The summed E-state index contributed by atoms with van der Waals surface area (Å²) in [6.07, 6.45) is 2.69. The van der Waals surface area contributed by atoms with Crippen LogP contribution in [0.15, 0.2) is 50.6 Å². The predicted molar refractivity (Wildman–Crippen MR) is 85.2 cm³/mol. The van der Waals surface area contributed by atoms with E-state index in [0.717, 1.165) is 6.07 Å². The van der Waals surface area contributed by atoms with E-state index in [0.29, 0.717) is 12.1 Å². The minimum absolute atomic E-state index is 0. The number of azo groups is 1. The largest absolute Gasteiger partial charge is 1.00 e. The van der Waals surface area contributed by atoms with Crippen LogP contribution in [-0.2, 0) is 20.2 Å². The van der Waals surface area contributed by atoms with Crippen LogP contribution in [0.4, 0.5) is 11.6 Å². The maximum absolute atomic E-state index is 12.6. The summed E-state index contributed by atoms with van der Waals surface area (Å²) >= 11 is 0. The SMILES string of the molecule is O=S(=O)(O)c1cc([O-])c2c([O-])c(N=Nc3ncc[nH]3)c(S(=O)(=O)O)cc2c1.[Na+].[Na+]. The fourth-order valence-corrected chi connectivity index (χ4v) is 3.44. The molecule has 3 rings (SSSR count). The van der Waals surface area contributed by atoms with E-state index in [1.165, 1.54) is 12.4 Å². The molecule has 0 unspecified atom stereocenters. The molecule has 0 saturated carbocycles. The molecule has 29 heavy (non-hydrogen) atoms. The van der Waals surface area contributed by atoms with Gasteiger partial charge in [-0.25, -0.2) is 4.98 Å². The molecule has 0 bridgehead atoms. The van der Waals surface area contributed by atoms with E-state index in [2.05, 4.69) is 20.2 Å². The fraction of sp³-hybridized carbons (Fsp3) is 0. The third-order valence-corrected chi connectivity index (χ3v) is 5.07. The topological polar surface area (TPSA) is 208 Å². The predicted octanol–water partition coefficient (Wildman–Crippen LogP) is -5.37. The Morgan fingerprint density at radius 3 is 2.14 bits per heavy atom. The average Bonchev–Trinajstić information content (AvgIpc) is 3.04. The summed E-state index contributed by atoms with van der Waals surface area (Å²) in [6, 6.07) is 1.90. The molecule has 16 heteroatoms. The van der Waals surface area contributed by atoms with Crippen molar-refractivity contribution in [2.75, 3.05) is 0 Å². The van der Waals surface area contributed by atoms with Crippen LogP contribution in [0.5, 0.6) is 11.5 Å². The number of aromatic amines is 1. The van der Waals surface area contributed by atoms with Gasteiger partial charge in [-0.15, -0.1) is 16.0 Å². The van der Waals surface area contributed by atoms with E-state index in [-0.39, 0.29) is 65.1 Å². The standard InChI is InChI=1S/C13H10N4O8S2.2Na/c18-8-5-7(26(20,21)22)3-6-4-9(27(23,24)25)11(12(19)10(6)8)16-17-13-14-1-2-15-13;;/h1-5,18-19H,(H,14,15)(H,20,21,22)(H,23,24,25);;/q;2*+1/p-2. The van der Waals surface area contributed by atoms with Crippen molar-refractivity contribution in [1.82, 2.24) is 9.97 Å². The number of H-pyrrole nitrogens is 1. The second-order valence-corrected chi connectivity index (χ2v) is 7.95. The smallest absolute Gasteiger partial charge is 0.872 e. The number of hydrogen-bond donors (Lipinski definition) is 3. The van der Waals surface area contributed by atoms with Gasteiger partial charge >= 0.3 is 59.1 Å². The van der Waals surface area contributed by atoms with Gasteiger partial charge in [0.05, 0.1) is 10.6 Å². The molecule has 3 N–H and O–H groups in total. The van der Waals surface area contributed by atoms with E-state index in [1.54, 1.807) is 0 Å². The van der Waals surface area contributed by atoms with Crippen LogP contribution in [0, 0.1) is 0 Å². The van der Waals surface area contributed by atoms with Crippen molar-refractivity contribution in [2.24, 2.45) is 10.2 Å². The third-order valence-electron chi connectivity index (χ3n) is 3.37. The Morgan fingerprint density at radius 2 is 1.62 bits per heavy atom. The van der Waals surface area contributed by atoms with Gasteiger partial charge in [-0.1, -0.05) is 5.75 Å². The first-order valence-electron chi connectivity index (χ1n) is 6.83. The number of hydrogen-bond acceptors (Lipinski definition) is 9. The van der Waals surface area contributed by atoms with E-state index < -0.39 is 58.0 Å². The summed E-state index contributed by atoms with van der Waals surface area (Å²) in [5, 5.41) is 30.6. The Hall–Kier alpha value is -1.07. The molecule has 12 nitrogen and oxygen atoms in total. The Morgan fingerprint density at radius 1 is 0.966 bits per heavy atom. The molecule has 1 aromatic heterocycles. The summed E-state index contributed by atoms with van der Waals surface area (Å²) in [7, 11) is -9.79. The molecule has 1 heterocycles. The van der Waals surface area contributed by atoms with Crippen molar-refractivity contribution >= 4 is 42.6 Å². The third kappa shape index (κ3) is 5.55. The first-order chi connectivity index (χ1) is 12.5. The molecule has 0 atom stereocenters. The molecule has 0 spiro atoms. The fourth-order valence-electron chi connectivity index (χ4n) is 2.26. The van der Waals surface area contributed by atoms with Crippen molar-refractivity contribution in [3.05, 3.63) is 30.6 Å². The van der Waals surface area contributed by atoms with Crippen LogP contribution < -0.4 is 69.3 Å². The monoisotopic (exact) mass is 458 g/mol. The normalized spacial score (nSPS) is 11.9. The minimum atomic E-state index is -5.00. The zero-order valence-corrected chi connectivity index (χ0v) is 20.5. The van der Waals surface area contributed by atoms with Gasteiger partial charge in [0.2, 0.25) is 5.95 Å². The maximum atomic E-state index is 12.6. The molecule has 142 valence electrons. The van der Waals surface area contributed by atoms with Crippen LogP contribution >= 0.6 is 0 Å². The Bertz CT molecular complexity index is 1290. The van der Waals surface area contributed by atoms with Crippen LogP contribution in [-0.4, -0.2) is 35.9 Å². The van der Waals surface area contributed by atoms with Gasteiger partial charge in [0, 0.05) is 12.4 Å². The minimum Gasteiger partial charge on any atom is -0.872 e. The van der Waals surface area contributed by atoms with Gasteiger partial charge in [-0.3, -0.25) is 9.11 Å². The van der Waals surface area contributed by atoms with E-state index in [9.17, 15) is 31.6 Å². The summed E-state index contributed by atoms with van der Waals surface area (Å²) in [6.45, 7) is 0. The van der Waals surface area contributed by atoms with E-state index >= 15 is 0 Å². The molecule has 0 aliphatic heterocycles. The molecular formula is C13H8N4Na2O8S2. The first kappa shape index (κ1) is 26.0. The van der Waals surface area contributed by atoms with Crippen molar-refractivity contribution in [1.29, 1.82) is 0 Å². The molecule has 0 aliphatic carbocycles. The molecule has 0 fully saturated rings. The molecule has 3 aromatic rings. The van der Waals surface area contributed by atoms with Crippen molar-refractivity contribution in [3.8, 4) is 11.5 Å². The van der Waals surface area contributed by atoms with Gasteiger partial charge in [-0.2, -0.15) is 16.8 Å². The summed E-state index contributed by atoms with van der Waals surface area (Å²) < 4.78 is 64.1. The van der Waals surface area contributed by atoms with Gasteiger partial charge in [0.15, 0.2) is 0 Å². The molecule has 0 saturated heterocycles. The molecule has 2 aromatic carbocycles. The average molecular weight is 458 g/mol. The summed E-state index contributed by atoms with van der Waals surface area (Å²) in [5.74, 6) is -2.39. The van der Waals surface area contributed by atoms with Gasteiger partial charge in [-0.05, 0) is 29.0 Å². The van der Waals surface area contributed by atoms with Crippen molar-refractivity contribution < 1.29 is 95.3 Å². The number of aromatic nitrogens is 2. The maximum Gasteiger partial charge on any atom is 1.00 e. The number of imidazole rings is 1. The molecule has 0 amide bonds. The van der Waals surface area contributed by atoms with E-state index in [1.807, 2.05) is 0 Å². The van der Waals surface area contributed by atoms with Crippen molar-refractivity contribution in [3.63, 3.8) is 0 Å². The number of nitrogens with zero attached hydrogens (tertiary/aromatic N) is 3. The van der Waals surface area contributed by atoms with Crippen LogP contribution in [0.25, 0.3) is 10.8 Å². The number of fused-ring (bicyclic) bond motifs is 1. The second kappa shape index (κ2) is 9.38. The Labute approximate surface area is 208 Å². The van der Waals surface area contributed by atoms with Crippen LogP contribution in [0.1, 0.15) is 0 Å². The molecule has 0 radical (unpaired) electrons. The summed E-state index contributed by atoms with van der Waals surface area (Å²) in [5.41, 5.74) is -0.863. The van der Waals surface area contributed by atoms with Gasteiger partial charge < -0.3 is 15.2 Å². The Kier molecular flexibility index (Phi) is 8.40. The second-order valence-electron chi connectivity index (χ2n) is 5.13. The number of nitrogens with one attached hydrogen (secondary N) is 1. The zero-order valence-electron chi connectivity index (χ0n) is 14.9. The van der Waals surface area contributed by atoms with Crippen molar-refractivity contribution in [2.45, 2.75) is 9.79 Å². The first-order valence-corrected chi connectivity index (χ1v) is 9.71. The van der Waals surface area contributed by atoms with E-state index in [4.69, 9.17) is 4.55 Å². The molecular weight excluding hydrogens is 450 g/mol. The summed E-state index contributed by atoms with van der Waals surface area (Å²) in [4.78, 5) is 4.36. The number of benzene rings is 2. The Balaban J connectivity index is 0.00000210. The van der Waals surface area contributed by atoms with Gasteiger partial charge in [0.1, 0.15) is 4.90 Å².